The van der Waals surface area contributed by atoms with E-state index in [9.17, 15) is 37.2 Å². The molecule has 0 radical (unpaired) electrons. The first kappa shape index (κ1) is 45.1. The number of piperidine rings is 2. The van der Waals surface area contributed by atoms with Crippen LogP contribution in [0.15, 0.2) is 47.1 Å². The summed E-state index contributed by atoms with van der Waals surface area (Å²) in [5.74, 6) is -2.26. The molecule has 3 aromatic rings. The summed E-state index contributed by atoms with van der Waals surface area (Å²) in [4.78, 5) is 87.9. The minimum absolute atomic E-state index is 0.0367. The van der Waals surface area contributed by atoms with Crippen LogP contribution in [0.25, 0.3) is 0 Å². The maximum atomic E-state index is 13.4. The molecule has 1 atom stereocenters. The lowest BCUT2D eigenvalue weighted by Crippen LogP contribution is -2.58. The van der Waals surface area contributed by atoms with Gasteiger partial charge in [-0.25, -0.2) is 17.7 Å². The summed E-state index contributed by atoms with van der Waals surface area (Å²) in [6, 6.07) is 9.04. The molecule has 0 bridgehead atoms. The topological polar surface area (TPSA) is 255 Å². The van der Waals surface area contributed by atoms with Crippen molar-refractivity contribution >= 4 is 78.8 Å². The number of ether oxygens (including phenoxy) is 1. The summed E-state index contributed by atoms with van der Waals surface area (Å²) >= 11 is 3.46. The molecular formula is C43H51BrN10O9S. The Kier molecular flexibility index (Phi) is 13.1. The lowest BCUT2D eigenvalue weighted by atomic mass is 9.66. The Morgan fingerprint density at radius 2 is 1.73 bits per heavy atom. The molecule has 19 nitrogen and oxygen atoms in total. The third-order valence-electron chi connectivity index (χ3n) is 13.0. The van der Waals surface area contributed by atoms with Gasteiger partial charge in [-0.1, -0.05) is 18.2 Å². The number of imide groups is 2. The van der Waals surface area contributed by atoms with E-state index in [0.29, 0.717) is 60.0 Å². The summed E-state index contributed by atoms with van der Waals surface area (Å²) in [5.41, 5.74) is 7.63. The smallest absolute Gasteiger partial charge is 0.266 e. The molecule has 6 N–H and O–H groups in total. The van der Waals surface area contributed by atoms with Gasteiger partial charge in [-0.05, 0) is 97.0 Å². The second-order valence-corrected chi connectivity index (χ2v) is 20.2. The van der Waals surface area contributed by atoms with Gasteiger partial charge in [0.05, 0.1) is 32.6 Å². The van der Waals surface area contributed by atoms with E-state index in [1.807, 2.05) is 6.07 Å². The summed E-state index contributed by atoms with van der Waals surface area (Å²) in [7, 11) is -3.60. The number of hydrogen-bond donors (Lipinski definition) is 5. The fourth-order valence-electron chi connectivity index (χ4n) is 9.55. The average molecular weight is 964 g/mol. The SMILES string of the molecule is Cc1cccc(Nc2nc(NC3CCN(S(=O)(=O)CCNC(=O)C4CCC5(CC4)CN(CCOc4cccc6c4C(=O)N(C4CCC(=O)NC4=O)C6=O)C5)CC3)ncc2Br)c1C(N)=O. The lowest BCUT2D eigenvalue weighted by Gasteiger charge is -2.53. The van der Waals surface area contributed by atoms with Crippen LogP contribution >= 0.6 is 15.9 Å². The van der Waals surface area contributed by atoms with Crippen molar-refractivity contribution in [2.75, 3.05) is 62.3 Å². The standard InChI is InChI=1S/C43H51BrN10O9S/c1-25-4-2-6-30(34(25)36(45)56)49-37-29(44)22-47-42(51-37)48-27-12-17-53(18-13-27)64(61,62)21-16-46-38(57)26-10-14-43(15-11-26)23-52(24-43)19-20-63-32-7-3-5-28-35(32)41(60)54(40(28)59)31-8-9-33(55)50-39(31)58/h2-7,22,26-27,31H,8-21,23-24H2,1H3,(H2,45,56)(H,46,57)(H,50,55,58)(H2,47,48,49,51). The van der Waals surface area contributed by atoms with Crippen molar-refractivity contribution in [3.05, 3.63) is 69.3 Å². The van der Waals surface area contributed by atoms with Crippen molar-refractivity contribution in [1.29, 1.82) is 0 Å². The number of carbonyl (C=O) groups is 6. The van der Waals surface area contributed by atoms with Crippen molar-refractivity contribution in [3.8, 4) is 5.75 Å². The fourth-order valence-corrected chi connectivity index (χ4v) is 11.2. The van der Waals surface area contributed by atoms with E-state index in [0.717, 1.165) is 49.2 Å². The Labute approximate surface area is 378 Å². The van der Waals surface area contributed by atoms with Crippen molar-refractivity contribution < 1.29 is 41.9 Å². The van der Waals surface area contributed by atoms with Gasteiger partial charge in [0.15, 0.2) is 0 Å². The van der Waals surface area contributed by atoms with Gasteiger partial charge in [-0.3, -0.25) is 43.9 Å². The molecule has 4 fully saturated rings. The molecule has 1 unspecified atom stereocenters. The maximum Gasteiger partial charge on any atom is 0.266 e. The number of amides is 6. The van der Waals surface area contributed by atoms with Crippen molar-refractivity contribution in [2.45, 2.75) is 70.4 Å². The van der Waals surface area contributed by atoms with E-state index in [1.54, 1.807) is 37.4 Å². The molecule has 2 aromatic carbocycles. The highest BCUT2D eigenvalue weighted by atomic mass is 79.9. The molecule has 64 heavy (non-hydrogen) atoms. The number of nitrogens with two attached hydrogens (primary N) is 1. The summed E-state index contributed by atoms with van der Waals surface area (Å²) in [5, 5.41) is 11.5. The molecule has 1 aliphatic carbocycles. The monoisotopic (exact) mass is 962 g/mol. The van der Waals surface area contributed by atoms with Gasteiger partial charge in [0.2, 0.25) is 33.7 Å². The number of benzene rings is 2. The van der Waals surface area contributed by atoms with Crippen LogP contribution in [-0.2, 0) is 24.4 Å². The molecular weight excluding hydrogens is 913 g/mol. The molecule has 340 valence electrons. The predicted octanol–water partition coefficient (Wildman–Crippen LogP) is 2.68. The van der Waals surface area contributed by atoms with E-state index in [-0.39, 0.29) is 71.9 Å². The third kappa shape index (κ3) is 9.48. The lowest BCUT2D eigenvalue weighted by molar-refractivity contribution is -0.136. The Bertz CT molecular complexity index is 2480. The number of fused-ring (bicyclic) bond motifs is 1. The van der Waals surface area contributed by atoms with Crippen LogP contribution in [0.5, 0.6) is 5.75 Å². The molecule has 21 heteroatoms. The van der Waals surface area contributed by atoms with E-state index in [2.05, 4.69) is 52.1 Å². The minimum atomic E-state index is -3.60. The van der Waals surface area contributed by atoms with E-state index in [4.69, 9.17) is 10.5 Å². The quantitative estimate of drug-likeness (QED) is 0.137. The zero-order chi connectivity index (χ0) is 45.3. The second kappa shape index (κ2) is 18.5. The van der Waals surface area contributed by atoms with E-state index in [1.165, 1.54) is 10.4 Å². The molecule has 8 rings (SSSR count). The number of anilines is 3. The Hall–Kier alpha value is -5.51. The first-order valence-electron chi connectivity index (χ1n) is 21.5. The van der Waals surface area contributed by atoms with Gasteiger partial charge in [0.1, 0.15) is 24.2 Å². The zero-order valence-corrected chi connectivity index (χ0v) is 37.8. The normalized spacial score (nSPS) is 20.7. The number of nitrogens with one attached hydrogen (secondary N) is 4. The Morgan fingerprint density at radius 3 is 2.45 bits per heavy atom. The van der Waals surface area contributed by atoms with Crippen LogP contribution in [0.2, 0.25) is 0 Å². The fraction of sp³-hybridized carbons (Fsp3) is 0.488. The largest absolute Gasteiger partial charge is 0.491 e. The molecule has 5 aliphatic rings. The van der Waals surface area contributed by atoms with Gasteiger partial charge in [0.25, 0.3) is 17.7 Å². The highest BCUT2D eigenvalue weighted by Gasteiger charge is 2.47. The van der Waals surface area contributed by atoms with Gasteiger partial charge >= 0.3 is 0 Å². The zero-order valence-electron chi connectivity index (χ0n) is 35.4. The van der Waals surface area contributed by atoms with Crippen LogP contribution in [0.1, 0.15) is 88.0 Å². The average Bonchev–Trinajstić information content (AvgIpc) is 3.50. The highest BCUT2D eigenvalue weighted by Crippen LogP contribution is 2.45. The number of primary amides is 1. The number of rotatable bonds is 15. The number of sulfonamides is 1. The summed E-state index contributed by atoms with van der Waals surface area (Å²) in [6.07, 6.45) is 6.00. The molecule has 3 saturated heterocycles. The van der Waals surface area contributed by atoms with Crippen LogP contribution in [0.4, 0.5) is 17.5 Å². The van der Waals surface area contributed by atoms with Crippen LogP contribution in [-0.4, -0.2) is 132 Å². The third-order valence-corrected chi connectivity index (χ3v) is 15.4. The van der Waals surface area contributed by atoms with E-state index >= 15 is 0 Å². The minimum Gasteiger partial charge on any atom is -0.491 e. The molecule has 6 amide bonds. The molecule has 1 saturated carbocycles. The number of aryl methyl sites for hydroxylation is 1. The molecule has 1 spiro atoms. The van der Waals surface area contributed by atoms with Crippen LogP contribution in [0.3, 0.4) is 0 Å². The Morgan fingerprint density at radius 1 is 1.00 bits per heavy atom. The number of nitrogens with zero attached hydrogens (tertiary/aromatic N) is 5. The number of carbonyl (C=O) groups excluding carboxylic acids is 6. The second-order valence-electron chi connectivity index (χ2n) is 17.3. The first-order chi connectivity index (χ1) is 30.6. The van der Waals surface area contributed by atoms with Crippen LogP contribution < -0.4 is 31.7 Å². The van der Waals surface area contributed by atoms with Crippen molar-refractivity contribution in [1.82, 2.24) is 34.7 Å². The number of halogens is 1. The molecule has 5 heterocycles. The Balaban J connectivity index is 0.728. The summed E-state index contributed by atoms with van der Waals surface area (Å²) in [6.45, 7) is 5.06. The molecule has 1 aromatic heterocycles. The van der Waals surface area contributed by atoms with Crippen LogP contribution in [0, 0.1) is 18.3 Å². The van der Waals surface area contributed by atoms with Crippen molar-refractivity contribution in [3.63, 3.8) is 0 Å². The number of aromatic nitrogens is 2. The van der Waals surface area contributed by atoms with Crippen molar-refractivity contribution in [2.24, 2.45) is 17.1 Å². The first-order valence-corrected chi connectivity index (χ1v) is 23.9. The predicted molar refractivity (Wildman–Crippen MR) is 237 cm³/mol. The number of hydrogen-bond acceptors (Lipinski definition) is 14. The van der Waals surface area contributed by atoms with E-state index < -0.39 is 45.6 Å². The van der Waals surface area contributed by atoms with Gasteiger partial charge in [-0.15, -0.1) is 0 Å². The van der Waals surface area contributed by atoms with Gasteiger partial charge in [0, 0.05) is 63.8 Å². The van der Waals surface area contributed by atoms with Gasteiger partial charge in [-0.2, -0.15) is 4.98 Å². The number of likely N-dealkylation sites (tertiary alicyclic amines) is 1. The maximum absolute atomic E-state index is 13.4. The van der Waals surface area contributed by atoms with Gasteiger partial charge < -0.3 is 26.4 Å². The summed E-state index contributed by atoms with van der Waals surface area (Å²) < 4.78 is 34.6. The molecule has 4 aliphatic heterocycles. The highest BCUT2D eigenvalue weighted by molar-refractivity contribution is 9.10.